The van der Waals surface area contributed by atoms with Gasteiger partial charge in [0, 0.05) is 10.9 Å². The lowest BCUT2D eigenvalue weighted by molar-refractivity contribution is -0.122. The molecular weight excluding hydrogens is 258 g/mol. The fourth-order valence-corrected chi connectivity index (χ4v) is 2.58. The second-order valence-electron chi connectivity index (χ2n) is 5.63. The van der Waals surface area contributed by atoms with E-state index in [1.165, 1.54) is 11.5 Å². The minimum Gasteiger partial charge on any atom is -0.364 e. The number of fused-ring (bicyclic) bond motifs is 1. The minimum absolute atomic E-state index is 0.00928. The molecule has 1 aromatic heterocycles. The molecule has 1 heterocycles. The Bertz CT molecular complexity index is 586. The molecule has 1 unspecified atom stereocenters. The van der Waals surface area contributed by atoms with Crippen molar-refractivity contribution in [3.05, 3.63) is 24.3 Å². The van der Waals surface area contributed by atoms with Crippen molar-refractivity contribution in [3.63, 3.8) is 0 Å². The molecule has 1 aromatic carbocycles. The van der Waals surface area contributed by atoms with E-state index in [1.54, 1.807) is 0 Å². The van der Waals surface area contributed by atoms with Crippen LogP contribution in [0.2, 0.25) is 0 Å². The summed E-state index contributed by atoms with van der Waals surface area (Å²) in [4.78, 5) is 12.0. The predicted molar refractivity (Wildman–Crippen MR) is 80.6 cm³/mol. The van der Waals surface area contributed by atoms with Gasteiger partial charge in [-0.2, -0.15) is 4.37 Å². The van der Waals surface area contributed by atoms with E-state index in [0.717, 1.165) is 15.9 Å². The van der Waals surface area contributed by atoms with E-state index in [-0.39, 0.29) is 17.5 Å². The highest BCUT2D eigenvalue weighted by Crippen LogP contribution is 2.27. The van der Waals surface area contributed by atoms with Gasteiger partial charge < -0.3 is 10.6 Å². The Morgan fingerprint density at radius 3 is 2.68 bits per heavy atom. The number of anilines is 1. The number of nitrogens with one attached hydrogen (secondary N) is 2. The molecule has 1 amide bonds. The van der Waals surface area contributed by atoms with E-state index in [0.29, 0.717) is 0 Å². The van der Waals surface area contributed by atoms with Gasteiger partial charge in [0.1, 0.15) is 11.0 Å². The average molecular weight is 277 g/mol. The molecule has 0 aliphatic carbocycles. The third-order valence-electron chi connectivity index (χ3n) is 2.62. The Labute approximate surface area is 117 Å². The summed E-state index contributed by atoms with van der Waals surface area (Å²) >= 11 is 1.39. The fourth-order valence-electron chi connectivity index (χ4n) is 1.73. The molecule has 0 spiro atoms. The van der Waals surface area contributed by atoms with Crippen molar-refractivity contribution >= 4 is 33.3 Å². The lowest BCUT2D eigenvalue weighted by Crippen LogP contribution is -2.47. The van der Waals surface area contributed by atoms with E-state index in [2.05, 4.69) is 15.0 Å². The van der Waals surface area contributed by atoms with Crippen LogP contribution in [0.1, 0.15) is 27.7 Å². The maximum atomic E-state index is 12.0. The van der Waals surface area contributed by atoms with Gasteiger partial charge in [-0.15, -0.1) is 0 Å². The maximum Gasteiger partial charge on any atom is 0.242 e. The quantitative estimate of drug-likeness (QED) is 0.906. The molecule has 2 N–H and O–H groups in total. The van der Waals surface area contributed by atoms with Crippen LogP contribution in [-0.2, 0) is 4.79 Å². The van der Waals surface area contributed by atoms with E-state index in [1.807, 2.05) is 52.0 Å². The van der Waals surface area contributed by atoms with Crippen molar-refractivity contribution in [3.8, 4) is 0 Å². The molecular formula is C14H19N3OS. The first-order valence-corrected chi connectivity index (χ1v) is 7.07. The third kappa shape index (κ3) is 3.44. The van der Waals surface area contributed by atoms with Gasteiger partial charge in [-0.05, 0) is 51.4 Å². The smallest absolute Gasteiger partial charge is 0.242 e. The van der Waals surface area contributed by atoms with Crippen molar-refractivity contribution < 1.29 is 4.79 Å². The fraction of sp³-hybridized carbons (Fsp3) is 0.429. The van der Waals surface area contributed by atoms with Gasteiger partial charge in [0.15, 0.2) is 0 Å². The summed E-state index contributed by atoms with van der Waals surface area (Å²) in [6.45, 7) is 7.77. The van der Waals surface area contributed by atoms with Gasteiger partial charge in [-0.1, -0.05) is 12.1 Å². The van der Waals surface area contributed by atoms with Crippen LogP contribution in [0.4, 0.5) is 5.00 Å². The highest BCUT2D eigenvalue weighted by Gasteiger charge is 2.20. The zero-order valence-corrected chi connectivity index (χ0v) is 12.5. The molecule has 5 heteroatoms. The Morgan fingerprint density at radius 1 is 1.32 bits per heavy atom. The molecule has 19 heavy (non-hydrogen) atoms. The highest BCUT2D eigenvalue weighted by molar-refractivity contribution is 7.11. The van der Waals surface area contributed by atoms with Gasteiger partial charge >= 0.3 is 0 Å². The second-order valence-corrected chi connectivity index (χ2v) is 6.41. The van der Waals surface area contributed by atoms with Crippen LogP contribution in [-0.4, -0.2) is 21.9 Å². The lowest BCUT2D eigenvalue weighted by Gasteiger charge is -2.23. The first-order valence-electron chi connectivity index (χ1n) is 6.30. The Kier molecular flexibility index (Phi) is 3.75. The Hall–Kier alpha value is -1.62. The van der Waals surface area contributed by atoms with Gasteiger partial charge in [0.25, 0.3) is 0 Å². The first kappa shape index (κ1) is 13.8. The van der Waals surface area contributed by atoms with Crippen LogP contribution in [0.25, 0.3) is 10.9 Å². The van der Waals surface area contributed by atoms with Crippen molar-refractivity contribution in [1.82, 2.24) is 9.69 Å². The van der Waals surface area contributed by atoms with Gasteiger partial charge in [0.05, 0.1) is 5.52 Å². The molecule has 0 bridgehead atoms. The molecule has 2 aromatic rings. The standard InChI is InChI=1S/C14H19N3OS/c1-9(12(18)16-14(2,3)4)15-13-10-7-5-6-8-11(10)17-19-13/h5-9,15H,1-4H3,(H,16,18). The number of amides is 1. The summed E-state index contributed by atoms with van der Waals surface area (Å²) in [5, 5.41) is 8.19. The minimum atomic E-state index is -0.289. The topological polar surface area (TPSA) is 54.0 Å². The lowest BCUT2D eigenvalue weighted by atomic mass is 10.1. The van der Waals surface area contributed by atoms with Crippen molar-refractivity contribution in [1.29, 1.82) is 0 Å². The molecule has 0 radical (unpaired) electrons. The zero-order chi connectivity index (χ0) is 14.0. The number of carbonyl (C=O) groups excluding carboxylic acids is 1. The average Bonchev–Trinajstić information content (AvgIpc) is 2.70. The van der Waals surface area contributed by atoms with Crippen LogP contribution in [0.3, 0.4) is 0 Å². The Morgan fingerprint density at radius 2 is 2.00 bits per heavy atom. The van der Waals surface area contributed by atoms with E-state index in [9.17, 15) is 4.79 Å². The molecule has 0 fully saturated rings. The molecule has 102 valence electrons. The van der Waals surface area contributed by atoms with Crippen LogP contribution in [0.5, 0.6) is 0 Å². The molecule has 2 rings (SSSR count). The normalized spacial score (nSPS) is 13.3. The first-order chi connectivity index (χ1) is 8.87. The second kappa shape index (κ2) is 5.17. The largest absolute Gasteiger partial charge is 0.364 e. The summed E-state index contributed by atoms with van der Waals surface area (Å²) in [5.74, 6) is -0.00928. The van der Waals surface area contributed by atoms with Gasteiger partial charge in [-0.25, -0.2) is 0 Å². The SMILES string of the molecule is CC(Nc1snc2ccccc12)C(=O)NC(C)(C)C. The monoisotopic (exact) mass is 277 g/mol. The summed E-state index contributed by atoms with van der Waals surface area (Å²) in [6.07, 6.45) is 0. The number of carbonyl (C=O) groups is 1. The van der Waals surface area contributed by atoms with Crippen molar-refractivity contribution in [2.24, 2.45) is 0 Å². The van der Waals surface area contributed by atoms with E-state index in [4.69, 9.17) is 0 Å². The van der Waals surface area contributed by atoms with E-state index < -0.39 is 0 Å². The summed E-state index contributed by atoms with van der Waals surface area (Å²) in [7, 11) is 0. The number of rotatable bonds is 3. The number of benzene rings is 1. The number of nitrogens with zero attached hydrogens (tertiary/aromatic N) is 1. The van der Waals surface area contributed by atoms with Gasteiger partial charge in [-0.3, -0.25) is 4.79 Å². The predicted octanol–water partition coefficient (Wildman–Crippen LogP) is 3.01. The van der Waals surface area contributed by atoms with Crippen LogP contribution < -0.4 is 10.6 Å². The van der Waals surface area contributed by atoms with Crippen molar-refractivity contribution in [2.75, 3.05) is 5.32 Å². The Balaban J connectivity index is 2.10. The van der Waals surface area contributed by atoms with E-state index >= 15 is 0 Å². The number of hydrogen-bond donors (Lipinski definition) is 2. The molecule has 4 nitrogen and oxygen atoms in total. The van der Waals surface area contributed by atoms with Crippen LogP contribution in [0, 0.1) is 0 Å². The summed E-state index contributed by atoms with van der Waals surface area (Å²) in [5.41, 5.74) is 0.737. The molecule has 1 atom stereocenters. The third-order valence-corrected chi connectivity index (χ3v) is 3.43. The molecule has 0 aliphatic heterocycles. The highest BCUT2D eigenvalue weighted by atomic mass is 32.1. The summed E-state index contributed by atoms with van der Waals surface area (Å²) < 4.78 is 4.35. The molecule has 0 saturated carbocycles. The maximum absolute atomic E-state index is 12.0. The van der Waals surface area contributed by atoms with Crippen LogP contribution in [0.15, 0.2) is 24.3 Å². The van der Waals surface area contributed by atoms with Gasteiger partial charge in [0.2, 0.25) is 5.91 Å². The number of aromatic nitrogens is 1. The van der Waals surface area contributed by atoms with Crippen LogP contribution >= 0.6 is 11.5 Å². The molecule has 0 aliphatic rings. The molecule has 0 saturated heterocycles. The van der Waals surface area contributed by atoms with Crippen molar-refractivity contribution in [2.45, 2.75) is 39.3 Å². The summed E-state index contributed by atoms with van der Waals surface area (Å²) in [6, 6.07) is 7.62. The zero-order valence-electron chi connectivity index (χ0n) is 11.7. The number of hydrogen-bond acceptors (Lipinski definition) is 4.